The lowest BCUT2D eigenvalue weighted by atomic mass is 10.0. The van der Waals surface area contributed by atoms with Crippen LogP contribution < -0.4 is 10.6 Å². The Balaban J connectivity index is 2.70. The number of hydrogen-bond acceptors (Lipinski definition) is 4. The molecule has 0 aliphatic carbocycles. The van der Waals surface area contributed by atoms with E-state index in [0.717, 1.165) is 24.8 Å². The number of anilines is 2. The van der Waals surface area contributed by atoms with Gasteiger partial charge in [-0.3, -0.25) is 0 Å². The molecular weight excluding hydrogens is 200 g/mol. The first-order valence-corrected chi connectivity index (χ1v) is 6.05. The summed E-state index contributed by atoms with van der Waals surface area (Å²) in [5.41, 5.74) is 5.53. The minimum atomic E-state index is 0.474. The summed E-state index contributed by atoms with van der Waals surface area (Å²) in [6.07, 6.45) is 2.41. The van der Waals surface area contributed by atoms with Gasteiger partial charge in [0.2, 0.25) is 0 Å². The molecule has 0 radical (unpaired) electrons. The normalized spacial score (nSPS) is 10.8. The van der Waals surface area contributed by atoms with E-state index in [1.54, 1.807) is 6.07 Å². The minimum absolute atomic E-state index is 0.474. The van der Waals surface area contributed by atoms with Gasteiger partial charge in [-0.15, -0.1) is 10.2 Å². The summed E-state index contributed by atoms with van der Waals surface area (Å²) in [4.78, 5) is 2.25. The molecule has 90 valence electrons. The number of nitrogens with two attached hydrogens (primary N) is 1. The summed E-state index contributed by atoms with van der Waals surface area (Å²) in [6, 6.07) is 3.74. The van der Waals surface area contributed by atoms with Gasteiger partial charge in [-0.1, -0.05) is 26.7 Å². The summed E-state index contributed by atoms with van der Waals surface area (Å²) in [5.74, 6) is 2.12. The van der Waals surface area contributed by atoms with Crippen LogP contribution in [0.2, 0.25) is 0 Å². The van der Waals surface area contributed by atoms with E-state index in [2.05, 4.69) is 35.9 Å². The summed E-state index contributed by atoms with van der Waals surface area (Å²) in [6.45, 7) is 8.60. The Hall–Kier alpha value is -1.32. The molecule has 1 rings (SSSR count). The number of rotatable bonds is 6. The van der Waals surface area contributed by atoms with Gasteiger partial charge >= 0.3 is 0 Å². The maximum atomic E-state index is 5.53. The van der Waals surface area contributed by atoms with E-state index in [1.165, 1.54) is 12.8 Å². The van der Waals surface area contributed by atoms with Crippen LogP contribution in [-0.4, -0.2) is 23.3 Å². The molecular formula is C12H22N4. The van der Waals surface area contributed by atoms with Crippen molar-refractivity contribution in [2.75, 3.05) is 23.7 Å². The highest BCUT2D eigenvalue weighted by molar-refractivity contribution is 5.41. The molecule has 0 aromatic carbocycles. The van der Waals surface area contributed by atoms with Gasteiger partial charge in [-0.25, -0.2) is 0 Å². The van der Waals surface area contributed by atoms with Crippen molar-refractivity contribution in [3.8, 4) is 0 Å². The molecule has 1 aromatic heterocycles. The van der Waals surface area contributed by atoms with E-state index in [-0.39, 0.29) is 0 Å². The van der Waals surface area contributed by atoms with Gasteiger partial charge in [0.05, 0.1) is 0 Å². The second-order valence-electron chi connectivity index (χ2n) is 4.04. The number of nitrogen functional groups attached to an aromatic ring is 1. The van der Waals surface area contributed by atoms with E-state index >= 15 is 0 Å². The van der Waals surface area contributed by atoms with Gasteiger partial charge < -0.3 is 10.6 Å². The summed E-state index contributed by atoms with van der Waals surface area (Å²) in [5, 5.41) is 8.02. The van der Waals surface area contributed by atoms with Crippen LogP contribution in [0.5, 0.6) is 0 Å². The zero-order chi connectivity index (χ0) is 12.0. The van der Waals surface area contributed by atoms with E-state index in [1.807, 2.05) is 6.07 Å². The topological polar surface area (TPSA) is 55.0 Å². The van der Waals surface area contributed by atoms with Crippen LogP contribution in [0.25, 0.3) is 0 Å². The van der Waals surface area contributed by atoms with Crippen LogP contribution in [0.1, 0.15) is 33.6 Å². The highest BCUT2D eigenvalue weighted by atomic mass is 15.3. The van der Waals surface area contributed by atoms with Crippen molar-refractivity contribution in [2.24, 2.45) is 5.92 Å². The molecule has 1 heterocycles. The summed E-state index contributed by atoms with van der Waals surface area (Å²) in [7, 11) is 0. The standard InChI is InChI=1S/C12H22N4/c1-4-10(5-2)9-16(6-3)12-8-7-11(13)14-15-12/h7-8,10H,4-6,9H2,1-3H3,(H2,13,14). The van der Waals surface area contributed by atoms with Crippen molar-refractivity contribution in [2.45, 2.75) is 33.6 Å². The highest BCUT2D eigenvalue weighted by Crippen LogP contribution is 2.15. The van der Waals surface area contributed by atoms with E-state index in [0.29, 0.717) is 5.82 Å². The van der Waals surface area contributed by atoms with Crippen LogP contribution in [0.3, 0.4) is 0 Å². The van der Waals surface area contributed by atoms with Crippen molar-refractivity contribution >= 4 is 11.6 Å². The molecule has 0 aliphatic rings. The molecule has 0 aliphatic heterocycles. The maximum absolute atomic E-state index is 5.53. The van der Waals surface area contributed by atoms with Gasteiger partial charge in [0, 0.05) is 13.1 Å². The number of hydrogen-bond donors (Lipinski definition) is 1. The lowest BCUT2D eigenvalue weighted by Crippen LogP contribution is -2.29. The Labute approximate surface area is 97.9 Å². The zero-order valence-corrected chi connectivity index (χ0v) is 10.5. The fourth-order valence-electron chi connectivity index (χ4n) is 1.75. The van der Waals surface area contributed by atoms with Gasteiger partial charge in [-0.2, -0.15) is 0 Å². The smallest absolute Gasteiger partial charge is 0.151 e. The zero-order valence-electron chi connectivity index (χ0n) is 10.5. The van der Waals surface area contributed by atoms with Crippen LogP contribution in [0.4, 0.5) is 11.6 Å². The van der Waals surface area contributed by atoms with Crippen LogP contribution in [-0.2, 0) is 0 Å². The van der Waals surface area contributed by atoms with Crippen molar-refractivity contribution in [1.82, 2.24) is 10.2 Å². The first kappa shape index (κ1) is 12.7. The van der Waals surface area contributed by atoms with E-state index in [9.17, 15) is 0 Å². The number of nitrogens with zero attached hydrogens (tertiary/aromatic N) is 3. The Bertz CT molecular complexity index is 292. The van der Waals surface area contributed by atoms with Crippen LogP contribution in [0.15, 0.2) is 12.1 Å². The molecule has 4 heteroatoms. The fraction of sp³-hybridized carbons (Fsp3) is 0.667. The molecule has 0 saturated heterocycles. The van der Waals surface area contributed by atoms with E-state index in [4.69, 9.17) is 5.73 Å². The largest absolute Gasteiger partial charge is 0.382 e. The molecule has 0 bridgehead atoms. The highest BCUT2D eigenvalue weighted by Gasteiger charge is 2.11. The van der Waals surface area contributed by atoms with Crippen molar-refractivity contribution in [1.29, 1.82) is 0 Å². The number of aromatic nitrogens is 2. The average Bonchev–Trinajstić information content (AvgIpc) is 2.32. The molecule has 0 fully saturated rings. The fourth-order valence-corrected chi connectivity index (χ4v) is 1.75. The quantitative estimate of drug-likeness (QED) is 0.802. The average molecular weight is 222 g/mol. The Kier molecular flexibility index (Phi) is 5.02. The van der Waals surface area contributed by atoms with Crippen molar-refractivity contribution in [3.05, 3.63) is 12.1 Å². The minimum Gasteiger partial charge on any atom is -0.382 e. The molecule has 16 heavy (non-hydrogen) atoms. The molecule has 0 saturated carbocycles. The Morgan fingerprint density at radius 3 is 2.31 bits per heavy atom. The van der Waals surface area contributed by atoms with E-state index < -0.39 is 0 Å². The molecule has 4 nitrogen and oxygen atoms in total. The SMILES string of the molecule is CCC(CC)CN(CC)c1ccc(N)nn1. The summed E-state index contributed by atoms with van der Waals surface area (Å²) < 4.78 is 0. The van der Waals surface area contributed by atoms with Crippen molar-refractivity contribution < 1.29 is 0 Å². The molecule has 0 atom stereocenters. The third-order valence-corrected chi connectivity index (χ3v) is 3.01. The van der Waals surface area contributed by atoms with Gasteiger partial charge in [0.15, 0.2) is 5.82 Å². The lowest BCUT2D eigenvalue weighted by molar-refractivity contribution is 0.484. The van der Waals surface area contributed by atoms with Crippen LogP contribution in [0, 0.1) is 5.92 Å². The van der Waals surface area contributed by atoms with Gasteiger partial charge in [-0.05, 0) is 25.0 Å². The second kappa shape index (κ2) is 6.30. The molecule has 0 unspecified atom stereocenters. The summed E-state index contributed by atoms with van der Waals surface area (Å²) >= 11 is 0. The third-order valence-electron chi connectivity index (χ3n) is 3.01. The van der Waals surface area contributed by atoms with Gasteiger partial charge in [0.1, 0.15) is 5.82 Å². The predicted molar refractivity (Wildman–Crippen MR) is 68.4 cm³/mol. The first-order chi connectivity index (χ1) is 7.71. The first-order valence-electron chi connectivity index (χ1n) is 6.05. The van der Waals surface area contributed by atoms with Crippen molar-refractivity contribution in [3.63, 3.8) is 0 Å². The Morgan fingerprint density at radius 1 is 1.19 bits per heavy atom. The van der Waals surface area contributed by atoms with Gasteiger partial charge in [0.25, 0.3) is 0 Å². The second-order valence-corrected chi connectivity index (χ2v) is 4.04. The Morgan fingerprint density at radius 2 is 1.88 bits per heavy atom. The molecule has 0 spiro atoms. The predicted octanol–water partition coefficient (Wildman–Crippen LogP) is 2.32. The third kappa shape index (κ3) is 3.36. The molecule has 1 aromatic rings. The van der Waals surface area contributed by atoms with Crippen LogP contribution >= 0.6 is 0 Å². The maximum Gasteiger partial charge on any atom is 0.151 e. The molecule has 0 amide bonds. The monoisotopic (exact) mass is 222 g/mol. The molecule has 2 N–H and O–H groups in total. The lowest BCUT2D eigenvalue weighted by Gasteiger charge is -2.25.